The lowest BCUT2D eigenvalue weighted by Crippen LogP contribution is -3.00. The number of aromatic nitrogens is 2. The van der Waals surface area contributed by atoms with Gasteiger partial charge in [-0.2, -0.15) is 0 Å². The summed E-state index contributed by atoms with van der Waals surface area (Å²) in [6.07, 6.45) is 2.18. The Hall–Kier alpha value is -1.29. The number of hydrogen-bond acceptors (Lipinski definition) is 1. The van der Waals surface area contributed by atoms with Crippen LogP contribution in [0.3, 0.4) is 0 Å². The summed E-state index contributed by atoms with van der Waals surface area (Å²) in [6, 6.07) is 10.1. The Labute approximate surface area is 132 Å². The molecule has 3 aromatic rings. The summed E-state index contributed by atoms with van der Waals surface area (Å²) in [5, 5.41) is 2.93. The summed E-state index contributed by atoms with van der Waals surface area (Å²) >= 11 is 8.10. The Morgan fingerprint density at radius 3 is 2.80 bits per heavy atom. The molecule has 102 valence electrons. The van der Waals surface area contributed by atoms with E-state index in [0.717, 1.165) is 29.3 Å². The highest BCUT2D eigenvalue weighted by atomic mass is 35.5. The first-order valence-electron chi connectivity index (χ1n) is 6.29. The molecule has 0 unspecified atom stereocenters. The second-order valence-electron chi connectivity index (χ2n) is 4.72. The Morgan fingerprint density at radius 1 is 1.10 bits per heavy atom. The highest BCUT2D eigenvalue weighted by Crippen LogP contribution is 2.35. The van der Waals surface area contributed by atoms with E-state index in [2.05, 4.69) is 21.4 Å². The summed E-state index contributed by atoms with van der Waals surface area (Å²) in [5.74, 6) is 0.995. The summed E-state index contributed by atoms with van der Waals surface area (Å²) in [4.78, 5) is 8.45. The number of imidazole rings is 1. The molecule has 0 spiro atoms. The largest absolute Gasteiger partial charge is 1.00 e. The number of benzene rings is 1. The number of fused-ring (bicyclic) bond motifs is 3. The first-order chi connectivity index (χ1) is 9.33. The second kappa shape index (κ2) is 5.24. The fourth-order valence-corrected chi connectivity index (χ4v) is 3.77. The number of thiophene rings is 1. The third-order valence-corrected chi connectivity index (χ3v) is 4.90. The van der Waals surface area contributed by atoms with Crippen LogP contribution in [-0.4, -0.2) is 4.98 Å². The fourth-order valence-electron chi connectivity index (χ4n) is 2.66. The van der Waals surface area contributed by atoms with E-state index in [0.29, 0.717) is 0 Å². The van der Waals surface area contributed by atoms with Crippen LogP contribution in [0.2, 0.25) is 5.02 Å². The molecule has 0 saturated carbocycles. The van der Waals surface area contributed by atoms with E-state index >= 15 is 0 Å². The molecule has 2 aromatic heterocycles. The van der Waals surface area contributed by atoms with E-state index < -0.39 is 0 Å². The van der Waals surface area contributed by atoms with Gasteiger partial charge in [-0.25, -0.2) is 9.97 Å². The molecule has 0 radical (unpaired) electrons. The molecular formula is C15H12Cl2N2S. The Morgan fingerprint density at radius 2 is 1.95 bits per heavy atom. The molecule has 2 nitrogen and oxygen atoms in total. The van der Waals surface area contributed by atoms with Crippen molar-refractivity contribution in [2.45, 2.75) is 12.8 Å². The van der Waals surface area contributed by atoms with Crippen LogP contribution < -0.4 is 17.4 Å². The van der Waals surface area contributed by atoms with Gasteiger partial charge < -0.3 is 12.4 Å². The van der Waals surface area contributed by atoms with Gasteiger partial charge in [0.15, 0.2) is 5.69 Å². The van der Waals surface area contributed by atoms with Crippen LogP contribution in [0.4, 0.5) is 0 Å². The molecule has 0 aliphatic heterocycles. The van der Waals surface area contributed by atoms with E-state index in [1.54, 1.807) is 0 Å². The molecule has 0 bridgehead atoms. The normalized spacial score (nSPS) is 12.4. The van der Waals surface area contributed by atoms with Crippen molar-refractivity contribution >= 4 is 22.9 Å². The number of halogens is 2. The monoisotopic (exact) mass is 322 g/mol. The molecule has 4 rings (SSSR count). The van der Waals surface area contributed by atoms with Gasteiger partial charge in [0, 0.05) is 16.9 Å². The maximum absolute atomic E-state index is 6.26. The Bertz CT molecular complexity index is 761. The van der Waals surface area contributed by atoms with Crippen molar-refractivity contribution in [2.75, 3.05) is 0 Å². The van der Waals surface area contributed by atoms with Crippen molar-refractivity contribution in [1.82, 2.24) is 4.98 Å². The van der Waals surface area contributed by atoms with Crippen LogP contribution >= 0.6 is 22.9 Å². The Kier molecular flexibility index (Phi) is 3.59. The van der Waals surface area contributed by atoms with E-state index in [1.807, 2.05) is 35.6 Å². The number of rotatable bonds is 1. The highest BCUT2D eigenvalue weighted by molar-refractivity contribution is 7.10. The predicted molar refractivity (Wildman–Crippen MR) is 78.5 cm³/mol. The lowest BCUT2D eigenvalue weighted by molar-refractivity contribution is -0.349. The number of hydrogen-bond donors (Lipinski definition) is 1. The van der Waals surface area contributed by atoms with Gasteiger partial charge in [-0.15, -0.1) is 11.3 Å². The topological polar surface area (TPSA) is 29.9 Å². The van der Waals surface area contributed by atoms with Gasteiger partial charge in [0.2, 0.25) is 0 Å². The van der Waals surface area contributed by atoms with E-state index in [4.69, 9.17) is 11.6 Å². The quantitative estimate of drug-likeness (QED) is 0.692. The van der Waals surface area contributed by atoms with Crippen molar-refractivity contribution < 1.29 is 17.4 Å². The van der Waals surface area contributed by atoms with E-state index in [1.165, 1.54) is 21.8 Å². The average Bonchev–Trinajstić information content (AvgIpc) is 3.04. The highest BCUT2D eigenvalue weighted by Gasteiger charge is 2.27. The molecule has 5 heteroatoms. The van der Waals surface area contributed by atoms with Crippen molar-refractivity contribution in [3.8, 4) is 22.6 Å². The lowest BCUT2D eigenvalue weighted by Gasteiger charge is -2.05. The molecule has 0 amide bonds. The van der Waals surface area contributed by atoms with Gasteiger partial charge in [-0.05, 0) is 30.0 Å². The van der Waals surface area contributed by atoms with E-state index in [9.17, 15) is 0 Å². The summed E-state index contributed by atoms with van der Waals surface area (Å²) in [6.45, 7) is 0. The predicted octanol–water partition coefficient (Wildman–Crippen LogP) is 0.980. The van der Waals surface area contributed by atoms with Crippen molar-refractivity contribution in [3.63, 3.8) is 0 Å². The number of nitrogens with one attached hydrogen (secondary N) is 2. The first kappa shape index (κ1) is 13.7. The number of aryl methyl sites for hydroxylation is 2. The van der Waals surface area contributed by atoms with Crippen molar-refractivity contribution in [3.05, 3.63) is 51.3 Å². The van der Waals surface area contributed by atoms with E-state index in [-0.39, 0.29) is 12.4 Å². The van der Waals surface area contributed by atoms with Crippen LogP contribution in [0.15, 0.2) is 35.7 Å². The first-order valence-corrected chi connectivity index (χ1v) is 7.54. The molecule has 0 saturated heterocycles. The fraction of sp³-hybridized carbons (Fsp3) is 0.133. The Balaban J connectivity index is 0.00000121. The molecule has 2 heterocycles. The zero-order valence-corrected chi connectivity index (χ0v) is 12.9. The number of H-pyrrole nitrogens is 2. The SMILES string of the molecule is Clc1ccccc1-c1[nH]c2c([nH+]1)-c1ccsc1CC2.[Cl-]. The minimum absolute atomic E-state index is 0. The van der Waals surface area contributed by atoms with Gasteiger partial charge in [-0.1, -0.05) is 23.7 Å². The maximum Gasteiger partial charge on any atom is 0.286 e. The molecule has 1 aliphatic rings. The van der Waals surface area contributed by atoms with Gasteiger partial charge in [0.1, 0.15) is 5.69 Å². The van der Waals surface area contributed by atoms with Gasteiger partial charge in [0.25, 0.3) is 5.82 Å². The van der Waals surface area contributed by atoms with Gasteiger partial charge in [-0.3, -0.25) is 0 Å². The molecular weight excluding hydrogens is 311 g/mol. The average molecular weight is 323 g/mol. The zero-order chi connectivity index (χ0) is 12.8. The molecule has 20 heavy (non-hydrogen) atoms. The van der Waals surface area contributed by atoms with Crippen LogP contribution in [0.25, 0.3) is 22.6 Å². The third-order valence-electron chi connectivity index (χ3n) is 3.59. The maximum atomic E-state index is 6.26. The molecule has 1 aliphatic carbocycles. The number of aromatic amines is 2. The van der Waals surface area contributed by atoms with Crippen LogP contribution in [0.5, 0.6) is 0 Å². The lowest BCUT2D eigenvalue weighted by atomic mass is 10.0. The molecule has 1 aromatic carbocycles. The van der Waals surface area contributed by atoms with Crippen LogP contribution in [0.1, 0.15) is 10.6 Å². The van der Waals surface area contributed by atoms with Gasteiger partial charge in [0.05, 0.1) is 10.6 Å². The van der Waals surface area contributed by atoms with Crippen molar-refractivity contribution in [2.24, 2.45) is 0 Å². The molecule has 2 N–H and O–H groups in total. The molecule has 0 atom stereocenters. The molecule has 0 fully saturated rings. The smallest absolute Gasteiger partial charge is 0.286 e. The minimum atomic E-state index is 0. The zero-order valence-electron chi connectivity index (χ0n) is 10.5. The second-order valence-corrected chi connectivity index (χ2v) is 6.12. The van der Waals surface area contributed by atoms with Crippen molar-refractivity contribution in [1.29, 1.82) is 0 Å². The summed E-state index contributed by atoms with van der Waals surface area (Å²) in [7, 11) is 0. The summed E-state index contributed by atoms with van der Waals surface area (Å²) < 4.78 is 0. The minimum Gasteiger partial charge on any atom is -1.00 e. The van der Waals surface area contributed by atoms with Crippen LogP contribution in [-0.2, 0) is 12.8 Å². The van der Waals surface area contributed by atoms with Crippen LogP contribution in [0, 0.1) is 0 Å². The van der Waals surface area contributed by atoms with Gasteiger partial charge >= 0.3 is 0 Å². The summed E-state index contributed by atoms with van der Waals surface area (Å²) in [5.41, 5.74) is 4.86. The third kappa shape index (κ3) is 2.06. The standard InChI is InChI=1S/C15H11ClN2S.ClH/c16-11-4-2-1-3-9(11)15-17-12-5-6-13-10(7-8-19-13)14(12)18-15;/h1-4,7-8H,5-6H2,(H,17,18);1H.